The first-order valence-corrected chi connectivity index (χ1v) is 8.30. The number of carbonyl (C=O) groups is 2. The molecule has 132 valence electrons. The Kier molecular flexibility index (Phi) is 5.25. The van der Waals surface area contributed by atoms with E-state index in [2.05, 4.69) is 10.6 Å². The molecule has 1 N–H and O–H groups in total. The Bertz CT molecular complexity index is 971. The van der Waals surface area contributed by atoms with Crippen LogP contribution in [0, 0.1) is 6.92 Å². The number of carbonyl (C=O) groups excluding carboxylic acids is 2. The van der Waals surface area contributed by atoms with E-state index >= 15 is 0 Å². The second kappa shape index (κ2) is 7.59. The lowest BCUT2D eigenvalue weighted by molar-refractivity contribution is 0.0224. The predicted octanol–water partition coefficient (Wildman–Crippen LogP) is 3.99. The third-order valence-corrected chi connectivity index (χ3v) is 4.06. The maximum Gasteiger partial charge on any atom is 0.383 e. The van der Waals surface area contributed by atoms with Gasteiger partial charge in [-0.15, -0.1) is 0 Å². The minimum absolute atomic E-state index is 0.0203. The van der Waals surface area contributed by atoms with Crippen LogP contribution in [-0.2, 0) is 4.84 Å². The van der Waals surface area contributed by atoms with Gasteiger partial charge in [0.25, 0.3) is 5.91 Å². The number of hydrogen-bond donors (Lipinski definition) is 1. The van der Waals surface area contributed by atoms with Crippen LogP contribution in [0.3, 0.4) is 0 Å². The Morgan fingerprint density at radius 2 is 1.81 bits per heavy atom. The fourth-order valence-electron chi connectivity index (χ4n) is 2.26. The van der Waals surface area contributed by atoms with Crippen molar-refractivity contribution in [2.45, 2.75) is 6.92 Å². The highest BCUT2D eigenvalue weighted by atomic mass is 35.5. The van der Waals surface area contributed by atoms with Crippen LogP contribution in [-0.4, -0.2) is 21.7 Å². The topological polar surface area (TPSA) is 73.2 Å². The van der Waals surface area contributed by atoms with Crippen molar-refractivity contribution in [3.05, 3.63) is 81.6 Å². The van der Waals surface area contributed by atoms with Gasteiger partial charge in [0.05, 0.1) is 10.7 Å². The smallest absolute Gasteiger partial charge is 0.333 e. The van der Waals surface area contributed by atoms with Crippen molar-refractivity contribution in [2.24, 2.45) is 0 Å². The first-order chi connectivity index (χ1) is 12.5. The zero-order valence-corrected chi connectivity index (χ0v) is 15.1. The molecule has 0 fully saturated rings. The molecule has 0 unspecified atom stereocenters. The Labute approximate surface area is 159 Å². The molecular formula is C18H13Cl2N3O3. The molecule has 1 amide bonds. The standard InChI is InChI=1S/C18H13Cl2N3O3/c1-11-9-15(21-23(11)16-10-13(19)7-8-14(16)20)18(25)26-22-17(24)12-5-3-2-4-6-12/h2-10H,1H3,(H,22,24). The van der Waals surface area contributed by atoms with Gasteiger partial charge >= 0.3 is 5.97 Å². The Balaban J connectivity index is 1.75. The summed E-state index contributed by atoms with van der Waals surface area (Å²) in [6, 6.07) is 14.8. The molecule has 0 bridgehead atoms. The summed E-state index contributed by atoms with van der Waals surface area (Å²) in [6.07, 6.45) is 0. The lowest BCUT2D eigenvalue weighted by Gasteiger charge is -2.07. The van der Waals surface area contributed by atoms with Crippen molar-refractivity contribution < 1.29 is 14.4 Å². The number of aromatic nitrogens is 2. The first-order valence-electron chi connectivity index (χ1n) is 7.54. The quantitative estimate of drug-likeness (QED) is 0.687. The summed E-state index contributed by atoms with van der Waals surface area (Å²) in [6.45, 7) is 1.75. The number of nitrogens with zero attached hydrogens (tertiary/aromatic N) is 2. The Hall–Kier alpha value is -2.83. The van der Waals surface area contributed by atoms with E-state index in [9.17, 15) is 9.59 Å². The van der Waals surface area contributed by atoms with Crippen LogP contribution in [0.2, 0.25) is 10.0 Å². The number of halogens is 2. The number of nitrogens with one attached hydrogen (secondary N) is 1. The molecule has 3 rings (SSSR count). The van der Waals surface area contributed by atoms with E-state index in [-0.39, 0.29) is 5.69 Å². The molecule has 2 aromatic carbocycles. The van der Waals surface area contributed by atoms with E-state index in [1.54, 1.807) is 55.5 Å². The monoisotopic (exact) mass is 389 g/mol. The van der Waals surface area contributed by atoms with Gasteiger partial charge in [-0.2, -0.15) is 10.6 Å². The highest BCUT2D eigenvalue weighted by molar-refractivity contribution is 6.34. The average Bonchev–Trinajstić information content (AvgIpc) is 3.03. The number of rotatable bonds is 3. The van der Waals surface area contributed by atoms with Gasteiger partial charge in [-0.25, -0.2) is 9.48 Å². The maximum absolute atomic E-state index is 12.2. The van der Waals surface area contributed by atoms with Crippen molar-refractivity contribution in [1.82, 2.24) is 15.3 Å². The van der Waals surface area contributed by atoms with Crippen LogP contribution in [0.5, 0.6) is 0 Å². The van der Waals surface area contributed by atoms with Crippen LogP contribution in [0.4, 0.5) is 0 Å². The van der Waals surface area contributed by atoms with Gasteiger partial charge in [-0.05, 0) is 43.3 Å². The molecule has 6 nitrogen and oxygen atoms in total. The molecule has 1 aromatic heterocycles. The lowest BCUT2D eigenvalue weighted by Crippen LogP contribution is -2.27. The average molecular weight is 390 g/mol. The summed E-state index contributed by atoms with van der Waals surface area (Å²) in [5, 5.41) is 5.09. The van der Waals surface area contributed by atoms with Gasteiger partial charge in [-0.1, -0.05) is 41.4 Å². The predicted molar refractivity (Wildman–Crippen MR) is 97.6 cm³/mol. The molecule has 0 spiro atoms. The van der Waals surface area contributed by atoms with Gasteiger partial charge in [0.15, 0.2) is 5.69 Å². The van der Waals surface area contributed by atoms with E-state index in [0.717, 1.165) is 0 Å². The molecule has 0 atom stereocenters. The number of hydroxylamine groups is 1. The molecule has 0 aliphatic rings. The van der Waals surface area contributed by atoms with Crippen LogP contribution >= 0.6 is 23.2 Å². The molecule has 1 heterocycles. The van der Waals surface area contributed by atoms with Crippen molar-refractivity contribution in [3.8, 4) is 5.69 Å². The van der Waals surface area contributed by atoms with E-state index in [1.807, 2.05) is 0 Å². The molecule has 8 heteroatoms. The van der Waals surface area contributed by atoms with Gasteiger partial charge in [-0.3, -0.25) is 4.79 Å². The molecular weight excluding hydrogens is 377 g/mol. The van der Waals surface area contributed by atoms with Crippen molar-refractivity contribution in [3.63, 3.8) is 0 Å². The SMILES string of the molecule is Cc1cc(C(=O)ONC(=O)c2ccccc2)nn1-c1cc(Cl)ccc1Cl. The van der Waals surface area contributed by atoms with Crippen molar-refractivity contribution in [1.29, 1.82) is 0 Å². The minimum Gasteiger partial charge on any atom is -0.333 e. The van der Waals surface area contributed by atoms with E-state index < -0.39 is 11.9 Å². The summed E-state index contributed by atoms with van der Waals surface area (Å²) < 4.78 is 1.48. The molecule has 0 radical (unpaired) electrons. The van der Waals surface area contributed by atoms with E-state index in [4.69, 9.17) is 28.0 Å². The van der Waals surface area contributed by atoms with E-state index in [1.165, 1.54) is 10.7 Å². The Morgan fingerprint density at radius 3 is 2.54 bits per heavy atom. The maximum atomic E-state index is 12.2. The third kappa shape index (κ3) is 3.87. The van der Waals surface area contributed by atoms with Crippen LogP contribution < -0.4 is 5.48 Å². The fraction of sp³-hybridized carbons (Fsp3) is 0.0556. The number of aryl methyl sites for hydroxylation is 1. The second-order valence-electron chi connectivity index (χ2n) is 5.37. The van der Waals surface area contributed by atoms with Crippen molar-refractivity contribution in [2.75, 3.05) is 0 Å². The summed E-state index contributed by atoms with van der Waals surface area (Å²) in [5.74, 6) is -1.33. The molecule has 0 saturated heterocycles. The Morgan fingerprint density at radius 1 is 1.08 bits per heavy atom. The number of amides is 1. The summed E-state index contributed by atoms with van der Waals surface area (Å²) in [5.41, 5.74) is 3.67. The molecule has 0 saturated carbocycles. The zero-order chi connectivity index (χ0) is 18.7. The van der Waals surface area contributed by atoms with Crippen molar-refractivity contribution >= 4 is 35.1 Å². The third-order valence-electron chi connectivity index (χ3n) is 3.51. The first kappa shape index (κ1) is 18.0. The van der Waals surface area contributed by atoms with Gasteiger partial charge in [0.1, 0.15) is 0 Å². The largest absolute Gasteiger partial charge is 0.383 e. The normalized spacial score (nSPS) is 10.4. The molecule has 0 aliphatic heterocycles. The van der Waals surface area contributed by atoms with Crippen LogP contribution in [0.25, 0.3) is 5.69 Å². The molecule has 3 aromatic rings. The molecule has 26 heavy (non-hydrogen) atoms. The van der Waals surface area contributed by atoms with Gasteiger partial charge in [0.2, 0.25) is 0 Å². The van der Waals surface area contributed by atoms with E-state index in [0.29, 0.717) is 27.0 Å². The lowest BCUT2D eigenvalue weighted by atomic mass is 10.2. The second-order valence-corrected chi connectivity index (χ2v) is 6.21. The number of hydrogen-bond acceptors (Lipinski definition) is 4. The zero-order valence-electron chi connectivity index (χ0n) is 13.6. The summed E-state index contributed by atoms with van der Waals surface area (Å²) >= 11 is 12.2. The van der Waals surface area contributed by atoms with Crippen LogP contribution in [0.15, 0.2) is 54.6 Å². The fourth-order valence-corrected chi connectivity index (χ4v) is 2.62. The number of benzene rings is 2. The minimum atomic E-state index is -0.797. The van der Waals surface area contributed by atoms with Gasteiger partial charge < -0.3 is 4.84 Å². The highest BCUT2D eigenvalue weighted by Crippen LogP contribution is 2.25. The summed E-state index contributed by atoms with van der Waals surface area (Å²) in [4.78, 5) is 28.9. The highest BCUT2D eigenvalue weighted by Gasteiger charge is 2.18. The summed E-state index contributed by atoms with van der Waals surface area (Å²) in [7, 11) is 0. The van der Waals surface area contributed by atoms with Crippen LogP contribution in [0.1, 0.15) is 26.5 Å². The van der Waals surface area contributed by atoms with Gasteiger partial charge in [0, 0.05) is 16.3 Å². The molecule has 0 aliphatic carbocycles.